The zero-order chi connectivity index (χ0) is 18.2. The van der Waals surface area contributed by atoms with Gasteiger partial charge in [0.05, 0.1) is 5.69 Å². The first-order valence-electron chi connectivity index (χ1n) is 8.77. The summed E-state index contributed by atoms with van der Waals surface area (Å²) in [5.41, 5.74) is 5.31. The van der Waals surface area contributed by atoms with Gasteiger partial charge in [-0.2, -0.15) is 0 Å². The van der Waals surface area contributed by atoms with Gasteiger partial charge in [0.1, 0.15) is 6.23 Å². The third-order valence-corrected chi connectivity index (χ3v) is 5.36. The van der Waals surface area contributed by atoms with Crippen molar-refractivity contribution in [3.63, 3.8) is 0 Å². The van der Waals surface area contributed by atoms with Crippen LogP contribution < -0.4 is 5.73 Å². The Morgan fingerprint density at radius 2 is 2.00 bits per heavy atom. The van der Waals surface area contributed by atoms with Gasteiger partial charge < -0.3 is 10.5 Å². The van der Waals surface area contributed by atoms with Crippen molar-refractivity contribution in [1.29, 1.82) is 0 Å². The Morgan fingerprint density at radius 3 is 2.64 bits per heavy atom. The molecule has 2 N–H and O–H groups in total. The van der Waals surface area contributed by atoms with E-state index < -0.39 is 11.0 Å². The number of carbonyl (C=O) groups is 1. The van der Waals surface area contributed by atoms with E-state index in [4.69, 9.17) is 10.5 Å². The molecule has 1 fully saturated rings. The molecule has 2 heterocycles. The van der Waals surface area contributed by atoms with E-state index in [-0.39, 0.29) is 12.1 Å². The third kappa shape index (κ3) is 2.62. The Bertz CT molecular complexity index is 779. The van der Waals surface area contributed by atoms with Crippen LogP contribution in [0, 0.1) is 5.41 Å². The van der Waals surface area contributed by atoms with Gasteiger partial charge >= 0.3 is 0 Å². The SMILES string of the molecule is COC1CCCN1C(C(N)=O)(c1nccc2ccccc12)C(C)(C)C. The molecule has 1 aromatic heterocycles. The third-order valence-electron chi connectivity index (χ3n) is 5.36. The highest BCUT2D eigenvalue weighted by Crippen LogP contribution is 2.48. The minimum Gasteiger partial charge on any atom is -0.368 e. The zero-order valence-corrected chi connectivity index (χ0v) is 15.5. The van der Waals surface area contributed by atoms with Gasteiger partial charge in [0, 0.05) is 25.2 Å². The predicted molar refractivity (Wildman–Crippen MR) is 98.8 cm³/mol. The molecule has 25 heavy (non-hydrogen) atoms. The Kier molecular flexibility index (Phi) is 4.56. The number of aromatic nitrogens is 1. The first-order chi connectivity index (χ1) is 11.8. The molecule has 1 aliphatic rings. The molecule has 1 saturated heterocycles. The van der Waals surface area contributed by atoms with Crippen LogP contribution in [0.25, 0.3) is 10.8 Å². The number of benzene rings is 1. The molecule has 2 unspecified atom stereocenters. The van der Waals surface area contributed by atoms with Crippen LogP contribution in [-0.2, 0) is 15.1 Å². The number of methoxy groups -OCH3 is 1. The van der Waals surface area contributed by atoms with Crippen molar-refractivity contribution in [2.24, 2.45) is 11.1 Å². The fourth-order valence-corrected chi connectivity index (χ4v) is 4.32. The standard InChI is InChI=1S/C20H27N3O2/c1-19(2,3)20(18(21)24,23-13-7-10-16(23)25-4)17-15-9-6-5-8-14(15)11-12-22-17/h5-6,8-9,11-12,16H,7,10,13H2,1-4H3,(H2,21,24). The Labute approximate surface area is 149 Å². The second-order valence-electron chi connectivity index (χ2n) is 7.73. The molecule has 3 rings (SSSR count). The van der Waals surface area contributed by atoms with Crippen molar-refractivity contribution in [3.8, 4) is 0 Å². The number of likely N-dealkylation sites (tertiary alicyclic amines) is 1. The Morgan fingerprint density at radius 1 is 1.28 bits per heavy atom. The summed E-state index contributed by atoms with van der Waals surface area (Å²) in [7, 11) is 1.69. The summed E-state index contributed by atoms with van der Waals surface area (Å²) in [4.78, 5) is 19.8. The number of hydrogen-bond acceptors (Lipinski definition) is 4. The summed E-state index contributed by atoms with van der Waals surface area (Å²) in [5.74, 6) is -0.382. The van der Waals surface area contributed by atoms with E-state index in [9.17, 15) is 4.79 Å². The van der Waals surface area contributed by atoms with Crippen LogP contribution in [-0.4, -0.2) is 35.7 Å². The van der Waals surface area contributed by atoms with Crippen LogP contribution in [0.15, 0.2) is 36.5 Å². The number of ether oxygens (including phenoxy) is 1. The quantitative estimate of drug-likeness (QED) is 0.928. The highest BCUT2D eigenvalue weighted by Gasteiger charge is 2.57. The van der Waals surface area contributed by atoms with Crippen LogP contribution in [0.1, 0.15) is 39.3 Å². The van der Waals surface area contributed by atoms with E-state index in [2.05, 4.69) is 9.88 Å². The maximum atomic E-state index is 13.0. The highest BCUT2D eigenvalue weighted by atomic mass is 16.5. The number of amides is 1. The molecule has 5 heteroatoms. The molecule has 134 valence electrons. The van der Waals surface area contributed by atoms with Crippen molar-refractivity contribution < 1.29 is 9.53 Å². The zero-order valence-electron chi connectivity index (χ0n) is 15.5. The lowest BCUT2D eigenvalue weighted by Gasteiger charge is -2.50. The van der Waals surface area contributed by atoms with E-state index in [0.717, 1.165) is 35.9 Å². The number of pyridine rings is 1. The van der Waals surface area contributed by atoms with Crippen LogP contribution >= 0.6 is 0 Å². The summed E-state index contributed by atoms with van der Waals surface area (Å²) in [5, 5.41) is 2.01. The predicted octanol–water partition coefficient (Wildman–Crippen LogP) is 3.03. The van der Waals surface area contributed by atoms with Gasteiger partial charge in [-0.05, 0) is 29.7 Å². The smallest absolute Gasteiger partial charge is 0.244 e. The molecule has 0 saturated carbocycles. The molecule has 1 aromatic carbocycles. The number of rotatable bonds is 4. The molecule has 5 nitrogen and oxygen atoms in total. The summed E-state index contributed by atoms with van der Waals surface area (Å²) >= 11 is 0. The van der Waals surface area contributed by atoms with Gasteiger partial charge in [-0.15, -0.1) is 0 Å². The maximum Gasteiger partial charge on any atom is 0.244 e. The fourth-order valence-electron chi connectivity index (χ4n) is 4.32. The lowest BCUT2D eigenvalue weighted by molar-refractivity contribution is -0.154. The molecule has 2 atom stereocenters. The molecule has 1 aliphatic heterocycles. The summed E-state index contributed by atoms with van der Waals surface area (Å²) < 4.78 is 5.70. The average Bonchev–Trinajstić information content (AvgIpc) is 3.03. The number of hydrogen-bond donors (Lipinski definition) is 1. The minimum atomic E-state index is -1.05. The van der Waals surface area contributed by atoms with E-state index >= 15 is 0 Å². The van der Waals surface area contributed by atoms with Gasteiger partial charge in [-0.1, -0.05) is 45.0 Å². The van der Waals surface area contributed by atoms with Gasteiger partial charge in [0.2, 0.25) is 5.91 Å². The number of primary amides is 1. The van der Waals surface area contributed by atoms with Crippen molar-refractivity contribution in [2.45, 2.75) is 45.4 Å². The fraction of sp³-hybridized carbons (Fsp3) is 0.500. The van der Waals surface area contributed by atoms with Crippen LogP contribution in [0.3, 0.4) is 0 Å². The lowest BCUT2D eigenvalue weighted by Crippen LogP contribution is -2.64. The van der Waals surface area contributed by atoms with Crippen molar-refractivity contribution in [1.82, 2.24) is 9.88 Å². The Balaban J connectivity index is 2.36. The monoisotopic (exact) mass is 341 g/mol. The van der Waals surface area contributed by atoms with Crippen LogP contribution in [0.4, 0.5) is 0 Å². The summed E-state index contributed by atoms with van der Waals surface area (Å²) in [6.07, 6.45) is 3.47. The van der Waals surface area contributed by atoms with E-state index in [1.54, 1.807) is 13.3 Å². The number of nitrogens with two attached hydrogens (primary N) is 1. The van der Waals surface area contributed by atoms with Gasteiger partial charge in [0.15, 0.2) is 5.54 Å². The summed E-state index contributed by atoms with van der Waals surface area (Å²) in [6, 6.07) is 9.97. The van der Waals surface area contributed by atoms with E-state index in [0.29, 0.717) is 0 Å². The highest BCUT2D eigenvalue weighted by molar-refractivity contribution is 5.94. The Hall–Kier alpha value is -1.98. The molecule has 1 amide bonds. The molecular weight excluding hydrogens is 314 g/mol. The second kappa shape index (κ2) is 6.39. The molecule has 0 spiro atoms. The van der Waals surface area contributed by atoms with Crippen LogP contribution in [0.5, 0.6) is 0 Å². The van der Waals surface area contributed by atoms with Crippen LogP contribution in [0.2, 0.25) is 0 Å². The van der Waals surface area contributed by atoms with E-state index in [1.165, 1.54) is 0 Å². The van der Waals surface area contributed by atoms with Crippen molar-refractivity contribution in [2.75, 3.05) is 13.7 Å². The summed E-state index contributed by atoms with van der Waals surface area (Å²) in [6.45, 7) is 6.90. The maximum absolute atomic E-state index is 13.0. The first kappa shape index (κ1) is 17.8. The van der Waals surface area contributed by atoms with E-state index in [1.807, 2.05) is 51.1 Å². The molecule has 0 aliphatic carbocycles. The van der Waals surface area contributed by atoms with Gasteiger partial charge in [0.25, 0.3) is 0 Å². The number of nitrogens with zero attached hydrogens (tertiary/aromatic N) is 2. The largest absolute Gasteiger partial charge is 0.368 e. The average molecular weight is 341 g/mol. The topological polar surface area (TPSA) is 68.5 Å². The number of carbonyl (C=O) groups excluding carboxylic acids is 1. The first-order valence-corrected chi connectivity index (χ1v) is 8.77. The normalized spacial score (nSPS) is 21.4. The second-order valence-corrected chi connectivity index (χ2v) is 7.73. The lowest BCUT2D eigenvalue weighted by atomic mass is 9.68. The van der Waals surface area contributed by atoms with Crippen molar-refractivity contribution >= 4 is 16.7 Å². The van der Waals surface area contributed by atoms with Gasteiger partial charge in [-0.3, -0.25) is 14.7 Å². The molecular formula is C20H27N3O2. The van der Waals surface area contributed by atoms with Crippen molar-refractivity contribution in [3.05, 3.63) is 42.2 Å². The minimum absolute atomic E-state index is 0.146. The molecule has 2 aromatic rings. The molecule has 0 radical (unpaired) electrons. The number of fused-ring (bicyclic) bond motifs is 1. The molecule has 0 bridgehead atoms. The van der Waals surface area contributed by atoms with Gasteiger partial charge in [-0.25, -0.2) is 0 Å².